The van der Waals surface area contributed by atoms with Crippen molar-refractivity contribution in [2.45, 2.75) is 44.2 Å². The number of rotatable bonds is 11. The number of nitrogens with zero attached hydrogens (tertiary/aromatic N) is 2. The fourth-order valence-electron chi connectivity index (χ4n) is 7.40. The Morgan fingerprint density at radius 2 is 1.49 bits per heavy atom. The highest BCUT2D eigenvalue weighted by molar-refractivity contribution is 6.42. The Bertz CT molecular complexity index is 2670. The minimum atomic E-state index is -1.28. The molecule has 0 aromatic heterocycles. The molecule has 0 saturated carbocycles. The van der Waals surface area contributed by atoms with Gasteiger partial charge in [0.1, 0.15) is 31.0 Å². The predicted molar refractivity (Wildman–Crippen MR) is 231 cm³/mol. The zero-order valence-electron chi connectivity index (χ0n) is 32.3. The molecule has 3 atom stereocenters. The van der Waals surface area contributed by atoms with Crippen molar-refractivity contribution in [2.75, 3.05) is 6.61 Å². The van der Waals surface area contributed by atoms with Gasteiger partial charge in [0.2, 0.25) is 5.91 Å². The van der Waals surface area contributed by atoms with E-state index < -0.39 is 36.0 Å². The van der Waals surface area contributed by atoms with E-state index in [0.717, 1.165) is 33.4 Å². The van der Waals surface area contributed by atoms with Crippen LogP contribution in [-0.4, -0.2) is 46.5 Å². The first-order valence-electron chi connectivity index (χ1n) is 19.3. The Labute approximate surface area is 366 Å². The van der Waals surface area contributed by atoms with E-state index in [2.05, 4.69) is 11.4 Å². The Kier molecular flexibility index (Phi) is 12.2. The minimum Gasteiger partial charge on any atom is -0.489 e. The predicted octanol–water partition coefficient (Wildman–Crippen LogP) is 9.66. The number of fused-ring (bicyclic) bond motifs is 2. The van der Waals surface area contributed by atoms with E-state index in [4.69, 9.17) is 54.3 Å². The van der Waals surface area contributed by atoms with E-state index >= 15 is 0 Å². The van der Waals surface area contributed by atoms with E-state index in [0.29, 0.717) is 45.0 Å². The second-order valence-electron chi connectivity index (χ2n) is 14.7. The van der Waals surface area contributed by atoms with Gasteiger partial charge >= 0.3 is 5.97 Å². The monoisotopic (exact) mass is 871 g/mol. The van der Waals surface area contributed by atoms with Crippen LogP contribution in [-0.2, 0) is 35.6 Å². The molecule has 2 amide bonds. The molecule has 2 N–H and O–H groups in total. The quantitative estimate of drug-likeness (QED) is 0.131. The number of ether oxygens (including phenoxy) is 3. The Morgan fingerprint density at radius 1 is 0.803 bits per heavy atom. The molecule has 0 fully saturated rings. The number of carbonyl (C=O) groups excluding carboxylic acids is 2. The molecule has 6 aromatic rings. The van der Waals surface area contributed by atoms with Crippen molar-refractivity contribution in [1.82, 2.24) is 10.2 Å². The molecule has 306 valence electrons. The third kappa shape index (κ3) is 9.30. The van der Waals surface area contributed by atoms with Gasteiger partial charge in [0.25, 0.3) is 5.91 Å². The van der Waals surface area contributed by atoms with Gasteiger partial charge in [0.15, 0.2) is 17.6 Å². The maximum absolute atomic E-state index is 14.2. The molecule has 2 aliphatic heterocycles. The molecule has 61 heavy (non-hydrogen) atoms. The summed E-state index contributed by atoms with van der Waals surface area (Å²) in [7, 11) is 0. The number of carbonyl (C=O) groups is 3. The highest BCUT2D eigenvalue weighted by Crippen LogP contribution is 2.41. The first-order chi connectivity index (χ1) is 29.5. The van der Waals surface area contributed by atoms with Gasteiger partial charge in [0.05, 0.1) is 32.3 Å². The molecule has 8 rings (SSSR count). The smallest absolute Gasteiger partial charge is 0.326 e. The number of amides is 2. The third-order valence-corrected chi connectivity index (χ3v) is 11.8. The average molecular weight is 873 g/mol. The molecular weight excluding hydrogens is 837 g/mol. The maximum atomic E-state index is 14.2. The first-order valence-corrected chi connectivity index (χ1v) is 20.5. The van der Waals surface area contributed by atoms with Crippen molar-refractivity contribution < 1.29 is 33.7 Å². The molecule has 2 heterocycles. The lowest BCUT2D eigenvalue weighted by molar-refractivity contribution is -0.142. The topological polar surface area (TPSA) is 138 Å². The summed E-state index contributed by atoms with van der Waals surface area (Å²) in [6, 6.07) is 37.4. The standard InChI is InChI=1S/C48H36Cl3N3O7/c49-38-4-2-1-3-37(38)47(56)54-25-35-23-44-43(60-27-45(61-44)33-14-16-36(17-15-33)59-26-30-9-18-39(50)40(51)19-30)22-34(35)21-42(54)46(55)53-41(48(57)58)20-28-5-10-31(11-6-28)32-12-7-29(24-52)8-13-32/h1-19,22-23,41-42,45H,20-21,25-27H2,(H,53,55)(H,57,58)/t41?,42-,45+/m0/s1. The SMILES string of the molecule is N#Cc1ccc(-c2ccc(CC(NC(=O)[C@@H]3Cc4cc5c(cc4CN3C(=O)c3ccccc3Cl)O[C@@H](c3ccc(OCc4ccc(Cl)c(Cl)c4)cc3)CO5)C(=O)O)cc2)cc1. The molecule has 6 aromatic carbocycles. The van der Waals surface area contributed by atoms with Gasteiger partial charge in [-0.25, -0.2) is 4.79 Å². The van der Waals surface area contributed by atoms with Gasteiger partial charge in [0, 0.05) is 19.4 Å². The number of nitrogens with one attached hydrogen (secondary N) is 1. The second-order valence-corrected chi connectivity index (χ2v) is 15.9. The summed E-state index contributed by atoms with van der Waals surface area (Å²) in [5, 5.41) is 23.3. The van der Waals surface area contributed by atoms with E-state index in [1.54, 1.807) is 60.7 Å². The van der Waals surface area contributed by atoms with Gasteiger partial charge in [-0.15, -0.1) is 0 Å². The highest BCUT2D eigenvalue weighted by Gasteiger charge is 2.38. The number of benzene rings is 6. The summed E-state index contributed by atoms with van der Waals surface area (Å²) >= 11 is 18.7. The Hall–Kier alpha value is -6.51. The number of halogens is 3. The van der Waals surface area contributed by atoms with Crippen LogP contribution in [0.5, 0.6) is 17.2 Å². The Balaban J connectivity index is 0.987. The first kappa shape index (κ1) is 41.2. The van der Waals surface area contributed by atoms with Gasteiger partial charge in [-0.05, 0) is 99.6 Å². The van der Waals surface area contributed by atoms with Crippen LogP contribution in [0.1, 0.15) is 49.8 Å². The van der Waals surface area contributed by atoms with Crippen LogP contribution >= 0.6 is 34.8 Å². The van der Waals surface area contributed by atoms with E-state index in [1.165, 1.54) is 4.90 Å². The lowest BCUT2D eigenvalue weighted by Gasteiger charge is -2.38. The van der Waals surface area contributed by atoms with Crippen molar-refractivity contribution in [3.05, 3.63) is 181 Å². The van der Waals surface area contributed by atoms with Crippen LogP contribution < -0.4 is 19.5 Å². The fraction of sp³-hybridized carbons (Fsp3) is 0.167. The molecule has 10 nitrogen and oxygen atoms in total. The minimum absolute atomic E-state index is 0.00479. The van der Waals surface area contributed by atoms with Crippen LogP contribution in [0.25, 0.3) is 11.1 Å². The lowest BCUT2D eigenvalue weighted by Crippen LogP contribution is -2.56. The molecular formula is C48H36Cl3N3O7. The molecule has 0 aliphatic carbocycles. The molecule has 13 heteroatoms. The fourth-order valence-corrected chi connectivity index (χ4v) is 7.94. The van der Waals surface area contributed by atoms with Crippen molar-refractivity contribution >= 4 is 52.6 Å². The molecule has 2 aliphatic rings. The van der Waals surface area contributed by atoms with E-state index in [9.17, 15) is 19.5 Å². The van der Waals surface area contributed by atoms with Crippen molar-refractivity contribution in [2.24, 2.45) is 0 Å². The van der Waals surface area contributed by atoms with Crippen LogP contribution in [0.3, 0.4) is 0 Å². The summed E-state index contributed by atoms with van der Waals surface area (Å²) in [6.07, 6.45) is -0.338. The second kappa shape index (κ2) is 18.0. The van der Waals surface area contributed by atoms with E-state index in [1.807, 2.05) is 66.7 Å². The normalized spacial score (nSPS) is 15.8. The van der Waals surface area contributed by atoms with Gasteiger partial charge in [-0.1, -0.05) is 102 Å². The molecule has 0 bridgehead atoms. The molecule has 0 spiro atoms. The zero-order valence-corrected chi connectivity index (χ0v) is 34.6. The van der Waals surface area contributed by atoms with Crippen LogP contribution in [0.15, 0.2) is 127 Å². The zero-order chi connectivity index (χ0) is 42.6. The Morgan fingerprint density at radius 3 is 2.18 bits per heavy atom. The third-order valence-electron chi connectivity index (χ3n) is 10.7. The summed E-state index contributed by atoms with van der Waals surface area (Å²) in [5.74, 6) is -0.673. The number of hydrogen-bond donors (Lipinski definition) is 2. The largest absolute Gasteiger partial charge is 0.489 e. The summed E-state index contributed by atoms with van der Waals surface area (Å²) in [4.78, 5) is 42.4. The van der Waals surface area contributed by atoms with Gasteiger partial charge in [-0.3, -0.25) is 9.59 Å². The summed E-state index contributed by atoms with van der Waals surface area (Å²) in [5.41, 5.74) is 6.50. The maximum Gasteiger partial charge on any atom is 0.326 e. The number of aliphatic carboxylic acids is 1. The molecule has 0 radical (unpaired) electrons. The van der Waals surface area contributed by atoms with E-state index in [-0.39, 0.29) is 36.6 Å². The summed E-state index contributed by atoms with van der Waals surface area (Å²) < 4.78 is 18.6. The van der Waals surface area contributed by atoms with Gasteiger partial charge in [-0.2, -0.15) is 5.26 Å². The van der Waals surface area contributed by atoms with Crippen LogP contribution in [0, 0.1) is 11.3 Å². The molecule has 1 unspecified atom stereocenters. The number of carboxylic acids is 1. The number of hydrogen-bond acceptors (Lipinski definition) is 7. The van der Waals surface area contributed by atoms with Gasteiger partial charge < -0.3 is 29.5 Å². The van der Waals surface area contributed by atoms with Crippen LogP contribution in [0.2, 0.25) is 15.1 Å². The summed E-state index contributed by atoms with van der Waals surface area (Å²) in [6.45, 7) is 0.566. The number of carboxylic acid groups (broad SMARTS) is 1. The van der Waals surface area contributed by atoms with Crippen molar-refractivity contribution in [3.63, 3.8) is 0 Å². The molecule has 0 saturated heterocycles. The lowest BCUT2D eigenvalue weighted by atomic mass is 9.91. The average Bonchev–Trinajstić information content (AvgIpc) is 3.28. The highest BCUT2D eigenvalue weighted by atomic mass is 35.5. The number of nitriles is 1. The van der Waals surface area contributed by atoms with Crippen LogP contribution in [0.4, 0.5) is 0 Å². The van der Waals surface area contributed by atoms with Crippen molar-refractivity contribution in [3.8, 4) is 34.4 Å². The van der Waals surface area contributed by atoms with Crippen molar-refractivity contribution in [1.29, 1.82) is 5.26 Å².